The van der Waals surface area contributed by atoms with E-state index >= 15 is 0 Å². The van der Waals surface area contributed by atoms with E-state index < -0.39 is 0 Å². The third kappa shape index (κ3) is 4.42. The Morgan fingerprint density at radius 2 is 1.19 bits per heavy atom. The van der Waals surface area contributed by atoms with Gasteiger partial charge in [-0.3, -0.25) is 0 Å². The molecule has 27 heavy (non-hydrogen) atoms. The molecule has 0 atom stereocenters. The Labute approximate surface area is 158 Å². The van der Waals surface area contributed by atoms with Crippen LogP contribution in [0.1, 0.15) is 33.2 Å². The molecule has 0 N–H and O–H groups in total. The van der Waals surface area contributed by atoms with Crippen LogP contribution < -0.4 is 4.74 Å². The summed E-state index contributed by atoms with van der Waals surface area (Å²) < 4.78 is 10.1. The molecule has 0 unspecified atom stereocenters. The largest absolute Gasteiger partial charge is 0.465 e. The predicted octanol–water partition coefficient (Wildman–Crippen LogP) is 4.92. The van der Waals surface area contributed by atoms with Gasteiger partial charge in [-0.25, -0.2) is 9.59 Å². The van der Waals surface area contributed by atoms with Gasteiger partial charge in [-0.1, -0.05) is 43.3 Å². The zero-order valence-corrected chi connectivity index (χ0v) is 15.3. The lowest BCUT2D eigenvalue weighted by atomic mass is 10.0. The molecule has 3 rings (SSSR count). The van der Waals surface area contributed by atoms with Crippen LogP contribution in [-0.2, 0) is 11.2 Å². The molecular weight excluding hydrogens is 340 g/mol. The van der Waals surface area contributed by atoms with Crippen LogP contribution in [0.15, 0.2) is 72.8 Å². The van der Waals surface area contributed by atoms with Crippen molar-refractivity contribution in [1.29, 1.82) is 0 Å². The Morgan fingerprint density at radius 1 is 0.704 bits per heavy atom. The van der Waals surface area contributed by atoms with Crippen molar-refractivity contribution in [2.75, 3.05) is 7.11 Å². The summed E-state index contributed by atoms with van der Waals surface area (Å²) >= 11 is 0. The molecule has 136 valence electrons. The van der Waals surface area contributed by atoms with Gasteiger partial charge < -0.3 is 9.47 Å². The molecule has 4 nitrogen and oxygen atoms in total. The minimum Gasteiger partial charge on any atom is -0.465 e. The summed E-state index contributed by atoms with van der Waals surface area (Å²) in [5.41, 5.74) is 4.11. The van der Waals surface area contributed by atoms with Crippen LogP contribution in [0.5, 0.6) is 5.75 Å². The first-order chi connectivity index (χ1) is 13.1. The first kappa shape index (κ1) is 18.4. The van der Waals surface area contributed by atoms with Crippen molar-refractivity contribution in [3.05, 3.63) is 89.5 Å². The van der Waals surface area contributed by atoms with E-state index in [2.05, 4.69) is 6.92 Å². The number of hydrogen-bond donors (Lipinski definition) is 0. The molecule has 3 aromatic carbocycles. The van der Waals surface area contributed by atoms with E-state index in [-0.39, 0.29) is 11.9 Å². The molecule has 0 heterocycles. The maximum atomic E-state index is 12.2. The Bertz CT molecular complexity index is 924. The van der Waals surface area contributed by atoms with Crippen LogP contribution in [0.25, 0.3) is 11.1 Å². The average Bonchev–Trinajstić information content (AvgIpc) is 2.74. The standard InChI is InChI=1S/C23H20O4/c1-3-16-4-6-20(7-5-16)23(25)27-21-14-12-18(13-15-21)17-8-10-19(11-9-17)22(24)26-2/h4-15H,3H2,1-2H3. The number of aryl methyl sites for hydroxylation is 1. The van der Waals surface area contributed by atoms with E-state index in [1.54, 1.807) is 36.4 Å². The van der Waals surface area contributed by atoms with E-state index in [0.717, 1.165) is 17.5 Å². The first-order valence-corrected chi connectivity index (χ1v) is 8.70. The Morgan fingerprint density at radius 3 is 1.70 bits per heavy atom. The number of benzene rings is 3. The quantitative estimate of drug-likeness (QED) is 0.479. The Balaban J connectivity index is 1.69. The average molecular weight is 360 g/mol. The van der Waals surface area contributed by atoms with Crippen LogP contribution in [0, 0.1) is 0 Å². The minimum atomic E-state index is -0.382. The second-order valence-electron chi connectivity index (χ2n) is 6.03. The highest BCUT2D eigenvalue weighted by atomic mass is 16.5. The summed E-state index contributed by atoms with van der Waals surface area (Å²) in [6.07, 6.45) is 0.928. The number of methoxy groups -OCH3 is 1. The summed E-state index contributed by atoms with van der Waals surface area (Å²) in [4.78, 5) is 23.7. The van der Waals surface area contributed by atoms with Crippen LogP contribution in [0.2, 0.25) is 0 Å². The van der Waals surface area contributed by atoms with E-state index in [4.69, 9.17) is 9.47 Å². The van der Waals surface area contributed by atoms with Crippen LogP contribution in [0.3, 0.4) is 0 Å². The molecule has 0 bridgehead atoms. The number of ether oxygens (including phenoxy) is 2. The summed E-state index contributed by atoms with van der Waals surface area (Å²) in [7, 11) is 1.36. The van der Waals surface area contributed by atoms with Crippen LogP contribution in [-0.4, -0.2) is 19.0 Å². The minimum absolute atomic E-state index is 0.365. The zero-order chi connectivity index (χ0) is 19.2. The molecule has 0 saturated heterocycles. The van der Waals surface area contributed by atoms with Gasteiger partial charge in [0, 0.05) is 0 Å². The summed E-state index contributed by atoms with van der Waals surface area (Å²) in [6.45, 7) is 2.07. The van der Waals surface area contributed by atoms with Gasteiger partial charge in [0.2, 0.25) is 0 Å². The number of hydrogen-bond acceptors (Lipinski definition) is 4. The molecule has 4 heteroatoms. The smallest absolute Gasteiger partial charge is 0.343 e. The topological polar surface area (TPSA) is 52.6 Å². The van der Waals surface area contributed by atoms with E-state index in [0.29, 0.717) is 16.9 Å². The first-order valence-electron chi connectivity index (χ1n) is 8.70. The Hall–Kier alpha value is -3.40. The summed E-state index contributed by atoms with van der Waals surface area (Å²) in [6, 6.07) is 21.8. The lowest BCUT2D eigenvalue weighted by molar-refractivity contribution is 0.0600. The third-order valence-corrected chi connectivity index (χ3v) is 4.30. The van der Waals surface area contributed by atoms with Gasteiger partial charge in [-0.15, -0.1) is 0 Å². The van der Waals surface area contributed by atoms with E-state index in [1.807, 2.05) is 36.4 Å². The molecule has 0 aliphatic heterocycles. The molecule has 0 amide bonds. The molecule has 0 saturated carbocycles. The fraction of sp³-hybridized carbons (Fsp3) is 0.130. The fourth-order valence-corrected chi connectivity index (χ4v) is 2.67. The van der Waals surface area contributed by atoms with Gasteiger partial charge in [0.1, 0.15) is 5.75 Å². The molecule has 0 aliphatic rings. The molecule has 0 aromatic heterocycles. The number of esters is 2. The van der Waals surface area contributed by atoms with Crippen molar-refractivity contribution in [2.45, 2.75) is 13.3 Å². The number of rotatable bonds is 5. The predicted molar refractivity (Wildman–Crippen MR) is 104 cm³/mol. The monoisotopic (exact) mass is 360 g/mol. The van der Waals surface area contributed by atoms with Crippen molar-refractivity contribution in [2.24, 2.45) is 0 Å². The molecule has 0 fully saturated rings. The summed E-state index contributed by atoms with van der Waals surface area (Å²) in [5.74, 6) is -0.266. The molecule has 0 aliphatic carbocycles. The van der Waals surface area contributed by atoms with Gasteiger partial charge in [0.15, 0.2) is 0 Å². The molecular formula is C23H20O4. The van der Waals surface area contributed by atoms with Gasteiger partial charge in [0.05, 0.1) is 18.2 Å². The second-order valence-corrected chi connectivity index (χ2v) is 6.03. The van der Waals surface area contributed by atoms with Crippen molar-refractivity contribution in [3.8, 4) is 16.9 Å². The second kappa shape index (κ2) is 8.32. The van der Waals surface area contributed by atoms with Crippen molar-refractivity contribution < 1.29 is 19.1 Å². The van der Waals surface area contributed by atoms with E-state index in [1.165, 1.54) is 12.7 Å². The maximum absolute atomic E-state index is 12.2. The molecule has 3 aromatic rings. The number of carbonyl (C=O) groups is 2. The lowest BCUT2D eigenvalue weighted by Crippen LogP contribution is -2.08. The van der Waals surface area contributed by atoms with Gasteiger partial charge in [0.25, 0.3) is 0 Å². The third-order valence-electron chi connectivity index (χ3n) is 4.30. The van der Waals surface area contributed by atoms with Crippen molar-refractivity contribution in [1.82, 2.24) is 0 Å². The highest BCUT2D eigenvalue weighted by molar-refractivity contribution is 5.91. The molecule has 0 spiro atoms. The fourth-order valence-electron chi connectivity index (χ4n) is 2.67. The van der Waals surface area contributed by atoms with Crippen LogP contribution in [0.4, 0.5) is 0 Å². The highest BCUT2D eigenvalue weighted by Gasteiger charge is 2.09. The van der Waals surface area contributed by atoms with Crippen molar-refractivity contribution >= 4 is 11.9 Å². The molecule has 0 radical (unpaired) electrons. The highest BCUT2D eigenvalue weighted by Crippen LogP contribution is 2.23. The van der Waals surface area contributed by atoms with Gasteiger partial charge in [-0.05, 0) is 59.5 Å². The SMILES string of the molecule is CCc1ccc(C(=O)Oc2ccc(-c3ccc(C(=O)OC)cc3)cc2)cc1. The van der Waals surface area contributed by atoms with Gasteiger partial charge >= 0.3 is 11.9 Å². The van der Waals surface area contributed by atoms with Gasteiger partial charge in [-0.2, -0.15) is 0 Å². The number of carbonyl (C=O) groups excluding carboxylic acids is 2. The van der Waals surface area contributed by atoms with Crippen LogP contribution >= 0.6 is 0 Å². The lowest BCUT2D eigenvalue weighted by Gasteiger charge is -2.07. The summed E-state index contributed by atoms with van der Waals surface area (Å²) in [5, 5.41) is 0. The Kier molecular flexibility index (Phi) is 5.67. The van der Waals surface area contributed by atoms with E-state index in [9.17, 15) is 9.59 Å². The zero-order valence-electron chi connectivity index (χ0n) is 15.3. The van der Waals surface area contributed by atoms with Crippen molar-refractivity contribution in [3.63, 3.8) is 0 Å². The maximum Gasteiger partial charge on any atom is 0.343 e. The normalized spacial score (nSPS) is 10.3.